The summed E-state index contributed by atoms with van der Waals surface area (Å²) < 4.78 is 10.2. The van der Waals surface area contributed by atoms with Crippen molar-refractivity contribution in [3.8, 4) is 0 Å². The summed E-state index contributed by atoms with van der Waals surface area (Å²) in [6, 6.07) is 0. The van der Waals surface area contributed by atoms with E-state index in [-0.39, 0.29) is 5.28 Å². The second kappa shape index (κ2) is 6.48. The first kappa shape index (κ1) is 13.0. The summed E-state index contributed by atoms with van der Waals surface area (Å²) in [6.45, 7) is 2.34. The molecule has 0 aliphatic rings. The van der Waals surface area contributed by atoms with Crippen LogP contribution in [0.2, 0.25) is 5.28 Å². The highest BCUT2D eigenvalue weighted by atomic mass is 35.5. The largest absolute Gasteiger partial charge is 0.382 e. The fraction of sp³-hybridized carbons (Fsp3) is 0.500. The van der Waals surface area contributed by atoms with Gasteiger partial charge in [0.05, 0.1) is 31.4 Å². The van der Waals surface area contributed by atoms with Gasteiger partial charge in [0.25, 0.3) is 0 Å². The minimum atomic E-state index is 0.176. The molecule has 98 valence electrons. The van der Waals surface area contributed by atoms with Gasteiger partial charge in [-0.05, 0) is 11.6 Å². The number of ether oxygens (including phenoxy) is 2. The molecular formula is C10H14ClN5O2. The van der Waals surface area contributed by atoms with Crippen molar-refractivity contribution in [2.24, 2.45) is 0 Å². The van der Waals surface area contributed by atoms with Crippen LogP contribution in [0.15, 0.2) is 6.20 Å². The van der Waals surface area contributed by atoms with E-state index in [2.05, 4.69) is 25.5 Å². The van der Waals surface area contributed by atoms with E-state index in [0.717, 1.165) is 5.39 Å². The van der Waals surface area contributed by atoms with Crippen molar-refractivity contribution in [3.63, 3.8) is 0 Å². The molecule has 8 heteroatoms. The number of hydrogen-bond acceptors (Lipinski definition) is 6. The van der Waals surface area contributed by atoms with E-state index in [4.69, 9.17) is 21.1 Å². The molecule has 0 aliphatic carbocycles. The summed E-state index contributed by atoms with van der Waals surface area (Å²) in [5, 5.41) is 10.8. The van der Waals surface area contributed by atoms with Crippen LogP contribution in [0.3, 0.4) is 0 Å². The minimum absolute atomic E-state index is 0.176. The number of fused-ring (bicyclic) bond motifs is 1. The van der Waals surface area contributed by atoms with Crippen molar-refractivity contribution in [2.45, 2.75) is 0 Å². The molecule has 0 radical (unpaired) electrons. The van der Waals surface area contributed by atoms with Crippen LogP contribution in [0.4, 0.5) is 5.82 Å². The highest BCUT2D eigenvalue weighted by molar-refractivity contribution is 6.28. The van der Waals surface area contributed by atoms with Gasteiger partial charge in [0.1, 0.15) is 5.82 Å². The van der Waals surface area contributed by atoms with E-state index in [1.165, 1.54) is 0 Å². The summed E-state index contributed by atoms with van der Waals surface area (Å²) in [4.78, 5) is 8.12. The maximum Gasteiger partial charge on any atom is 0.226 e. The van der Waals surface area contributed by atoms with Crippen LogP contribution in [0.1, 0.15) is 0 Å². The van der Waals surface area contributed by atoms with Crippen LogP contribution >= 0.6 is 11.6 Å². The predicted molar refractivity (Wildman–Crippen MR) is 67.9 cm³/mol. The molecule has 2 aromatic heterocycles. The van der Waals surface area contributed by atoms with Gasteiger partial charge < -0.3 is 14.8 Å². The van der Waals surface area contributed by atoms with Gasteiger partial charge in [-0.1, -0.05) is 0 Å². The summed E-state index contributed by atoms with van der Waals surface area (Å²) >= 11 is 5.80. The lowest BCUT2D eigenvalue weighted by atomic mass is 10.4. The van der Waals surface area contributed by atoms with Gasteiger partial charge >= 0.3 is 0 Å². The summed E-state index contributed by atoms with van der Waals surface area (Å²) in [7, 11) is 1.64. The first-order valence-electron chi connectivity index (χ1n) is 5.48. The fourth-order valence-electron chi connectivity index (χ4n) is 1.43. The predicted octanol–water partition coefficient (Wildman–Crippen LogP) is 1.08. The van der Waals surface area contributed by atoms with Gasteiger partial charge in [0.15, 0.2) is 5.65 Å². The molecule has 18 heavy (non-hydrogen) atoms. The second-order valence-corrected chi connectivity index (χ2v) is 3.84. The average molecular weight is 272 g/mol. The number of hydrogen-bond donors (Lipinski definition) is 2. The number of methoxy groups -OCH3 is 1. The zero-order chi connectivity index (χ0) is 12.8. The van der Waals surface area contributed by atoms with Crippen molar-refractivity contribution >= 4 is 28.5 Å². The normalized spacial score (nSPS) is 11.0. The summed E-state index contributed by atoms with van der Waals surface area (Å²) in [6.07, 6.45) is 1.65. The smallest absolute Gasteiger partial charge is 0.226 e. The number of halogens is 1. The van der Waals surface area contributed by atoms with E-state index in [0.29, 0.717) is 37.8 Å². The maximum atomic E-state index is 5.80. The molecular weight excluding hydrogens is 258 g/mol. The first-order valence-corrected chi connectivity index (χ1v) is 5.86. The maximum absolute atomic E-state index is 5.80. The molecule has 0 unspecified atom stereocenters. The Bertz CT molecular complexity index is 504. The molecule has 0 amide bonds. The van der Waals surface area contributed by atoms with Crippen molar-refractivity contribution < 1.29 is 9.47 Å². The molecule has 0 saturated heterocycles. The van der Waals surface area contributed by atoms with Gasteiger partial charge in [-0.15, -0.1) is 0 Å². The number of anilines is 1. The van der Waals surface area contributed by atoms with Crippen molar-refractivity contribution in [3.05, 3.63) is 11.5 Å². The topological polar surface area (TPSA) is 85.0 Å². The van der Waals surface area contributed by atoms with E-state index < -0.39 is 0 Å². The molecule has 0 fully saturated rings. The quantitative estimate of drug-likeness (QED) is 0.579. The molecule has 0 bridgehead atoms. The lowest BCUT2D eigenvalue weighted by Gasteiger charge is -2.07. The number of H-pyrrole nitrogens is 1. The zero-order valence-electron chi connectivity index (χ0n) is 9.94. The Labute approximate surface area is 109 Å². The number of rotatable bonds is 7. The lowest BCUT2D eigenvalue weighted by molar-refractivity contribution is 0.0759. The molecule has 2 N–H and O–H groups in total. The van der Waals surface area contributed by atoms with Crippen molar-refractivity contribution in [2.75, 3.05) is 38.8 Å². The second-order valence-electron chi connectivity index (χ2n) is 3.51. The Morgan fingerprint density at radius 2 is 2.22 bits per heavy atom. The van der Waals surface area contributed by atoms with Crippen LogP contribution in [0, 0.1) is 0 Å². The van der Waals surface area contributed by atoms with E-state index >= 15 is 0 Å². The van der Waals surface area contributed by atoms with Crippen LogP contribution in [-0.4, -0.2) is 53.6 Å². The number of aromatic amines is 1. The average Bonchev–Trinajstić information content (AvgIpc) is 2.81. The lowest BCUT2D eigenvalue weighted by Crippen LogP contribution is -2.13. The van der Waals surface area contributed by atoms with Crippen molar-refractivity contribution in [1.82, 2.24) is 20.2 Å². The number of nitrogens with one attached hydrogen (secondary N) is 2. The van der Waals surface area contributed by atoms with Gasteiger partial charge in [0, 0.05) is 13.7 Å². The van der Waals surface area contributed by atoms with Gasteiger partial charge in [0.2, 0.25) is 5.28 Å². The van der Waals surface area contributed by atoms with Gasteiger partial charge in [-0.25, -0.2) is 0 Å². The fourth-order valence-corrected chi connectivity index (χ4v) is 1.60. The highest BCUT2D eigenvalue weighted by Crippen LogP contribution is 2.19. The Balaban J connectivity index is 1.89. The van der Waals surface area contributed by atoms with Gasteiger partial charge in [-0.3, -0.25) is 5.10 Å². The van der Waals surface area contributed by atoms with E-state index in [1.54, 1.807) is 13.3 Å². The third kappa shape index (κ3) is 3.28. The Kier molecular flexibility index (Phi) is 4.68. The Morgan fingerprint density at radius 1 is 1.33 bits per heavy atom. The Hall–Kier alpha value is -1.44. The molecule has 2 rings (SSSR count). The van der Waals surface area contributed by atoms with Crippen LogP contribution in [0.25, 0.3) is 11.0 Å². The van der Waals surface area contributed by atoms with E-state index in [9.17, 15) is 0 Å². The third-order valence-electron chi connectivity index (χ3n) is 2.25. The van der Waals surface area contributed by atoms with Crippen LogP contribution < -0.4 is 5.32 Å². The summed E-state index contributed by atoms with van der Waals surface area (Å²) in [5.41, 5.74) is 0.609. The molecule has 0 saturated carbocycles. The molecule has 2 aromatic rings. The first-order chi connectivity index (χ1) is 8.81. The number of aromatic nitrogens is 4. The van der Waals surface area contributed by atoms with Crippen LogP contribution in [-0.2, 0) is 9.47 Å². The van der Waals surface area contributed by atoms with E-state index in [1.807, 2.05) is 0 Å². The molecule has 7 nitrogen and oxygen atoms in total. The van der Waals surface area contributed by atoms with Gasteiger partial charge in [-0.2, -0.15) is 15.1 Å². The van der Waals surface area contributed by atoms with Crippen LogP contribution in [0.5, 0.6) is 0 Å². The Morgan fingerprint density at radius 3 is 3.06 bits per heavy atom. The third-order valence-corrected chi connectivity index (χ3v) is 2.42. The molecule has 2 heterocycles. The summed E-state index contributed by atoms with van der Waals surface area (Å²) in [5.74, 6) is 0.647. The standard InChI is InChI=1S/C10H14ClN5O2/c1-17-4-5-18-3-2-12-8-7-6-13-16-9(7)15-10(11)14-8/h6H,2-5H2,1H3,(H2,12,13,14,15,16). The van der Waals surface area contributed by atoms with Crippen molar-refractivity contribution in [1.29, 1.82) is 0 Å². The molecule has 0 atom stereocenters. The number of nitrogens with zero attached hydrogens (tertiary/aromatic N) is 3. The molecule has 0 aromatic carbocycles. The SMILES string of the molecule is COCCOCCNc1nc(Cl)nc2[nH]ncc12. The zero-order valence-corrected chi connectivity index (χ0v) is 10.7. The monoisotopic (exact) mass is 271 g/mol. The molecule has 0 spiro atoms. The highest BCUT2D eigenvalue weighted by Gasteiger charge is 2.07. The minimum Gasteiger partial charge on any atom is -0.382 e. The molecule has 0 aliphatic heterocycles.